The van der Waals surface area contributed by atoms with Gasteiger partial charge in [0.1, 0.15) is 0 Å². The molecular weight excluding hydrogens is 222 g/mol. The largest absolute Gasteiger partial charge is 0.315 e. The van der Waals surface area contributed by atoms with Crippen molar-refractivity contribution in [2.24, 2.45) is 0 Å². The quantitative estimate of drug-likeness (QED) is 0.780. The molecule has 1 N–H and O–H groups in total. The SMILES string of the molecule is CC(CNCCc1ccccn1)N1CCCCC1. The number of rotatable bonds is 6. The summed E-state index contributed by atoms with van der Waals surface area (Å²) in [6, 6.07) is 6.78. The number of likely N-dealkylation sites (tertiary alicyclic amines) is 1. The van der Waals surface area contributed by atoms with E-state index in [9.17, 15) is 0 Å². The van der Waals surface area contributed by atoms with Gasteiger partial charge in [0.2, 0.25) is 0 Å². The number of hydrogen-bond donors (Lipinski definition) is 1. The molecule has 0 bridgehead atoms. The Kier molecular flexibility index (Phi) is 5.62. The molecule has 100 valence electrons. The van der Waals surface area contributed by atoms with Crippen LogP contribution in [0.4, 0.5) is 0 Å². The van der Waals surface area contributed by atoms with Crippen LogP contribution in [0, 0.1) is 0 Å². The Morgan fingerprint density at radius 3 is 2.83 bits per heavy atom. The van der Waals surface area contributed by atoms with Crippen LogP contribution in [-0.4, -0.2) is 42.1 Å². The minimum absolute atomic E-state index is 0.661. The lowest BCUT2D eigenvalue weighted by molar-refractivity contribution is 0.171. The summed E-state index contributed by atoms with van der Waals surface area (Å²) in [5, 5.41) is 3.55. The van der Waals surface area contributed by atoms with Gasteiger partial charge < -0.3 is 5.32 Å². The number of nitrogens with zero attached hydrogens (tertiary/aromatic N) is 2. The van der Waals surface area contributed by atoms with Crippen molar-refractivity contribution < 1.29 is 0 Å². The zero-order valence-corrected chi connectivity index (χ0v) is 11.4. The molecule has 0 aliphatic carbocycles. The molecular formula is C15H25N3. The van der Waals surface area contributed by atoms with Crippen molar-refractivity contribution in [2.45, 2.75) is 38.6 Å². The van der Waals surface area contributed by atoms with Crippen LogP contribution in [0.5, 0.6) is 0 Å². The highest BCUT2D eigenvalue weighted by molar-refractivity contribution is 5.03. The number of aromatic nitrogens is 1. The van der Waals surface area contributed by atoms with Gasteiger partial charge in [-0.1, -0.05) is 12.5 Å². The van der Waals surface area contributed by atoms with E-state index in [4.69, 9.17) is 0 Å². The molecule has 2 heterocycles. The Morgan fingerprint density at radius 2 is 2.11 bits per heavy atom. The lowest BCUT2D eigenvalue weighted by Gasteiger charge is -2.32. The second-order valence-electron chi connectivity index (χ2n) is 5.22. The van der Waals surface area contributed by atoms with E-state index in [1.54, 1.807) is 0 Å². The summed E-state index contributed by atoms with van der Waals surface area (Å²) < 4.78 is 0. The summed E-state index contributed by atoms with van der Waals surface area (Å²) in [6.07, 6.45) is 7.05. The van der Waals surface area contributed by atoms with Crippen molar-refractivity contribution in [1.82, 2.24) is 15.2 Å². The molecule has 1 saturated heterocycles. The molecule has 1 aromatic rings. The van der Waals surface area contributed by atoms with E-state index in [0.29, 0.717) is 6.04 Å². The van der Waals surface area contributed by atoms with Crippen molar-refractivity contribution in [1.29, 1.82) is 0 Å². The molecule has 3 nitrogen and oxygen atoms in total. The van der Waals surface area contributed by atoms with E-state index in [2.05, 4.69) is 34.3 Å². The number of piperidine rings is 1. The fourth-order valence-corrected chi connectivity index (χ4v) is 2.56. The van der Waals surface area contributed by atoms with Crippen LogP contribution in [-0.2, 0) is 6.42 Å². The smallest absolute Gasteiger partial charge is 0.0416 e. The summed E-state index contributed by atoms with van der Waals surface area (Å²) in [6.45, 7) is 7.01. The highest BCUT2D eigenvalue weighted by atomic mass is 15.2. The molecule has 0 spiro atoms. The predicted octanol–water partition coefficient (Wildman–Crippen LogP) is 2.09. The monoisotopic (exact) mass is 247 g/mol. The highest BCUT2D eigenvalue weighted by Crippen LogP contribution is 2.11. The minimum atomic E-state index is 0.661. The van der Waals surface area contributed by atoms with E-state index in [1.807, 2.05) is 12.3 Å². The van der Waals surface area contributed by atoms with E-state index < -0.39 is 0 Å². The molecule has 18 heavy (non-hydrogen) atoms. The van der Waals surface area contributed by atoms with Crippen molar-refractivity contribution in [3.05, 3.63) is 30.1 Å². The van der Waals surface area contributed by atoms with Gasteiger partial charge in [0.15, 0.2) is 0 Å². The van der Waals surface area contributed by atoms with Crippen molar-refractivity contribution >= 4 is 0 Å². The van der Waals surface area contributed by atoms with Gasteiger partial charge in [0, 0.05) is 37.4 Å². The molecule has 0 saturated carbocycles. The van der Waals surface area contributed by atoms with E-state index in [0.717, 1.165) is 19.5 Å². The first kappa shape index (κ1) is 13.5. The lowest BCUT2D eigenvalue weighted by atomic mass is 10.1. The fourth-order valence-electron chi connectivity index (χ4n) is 2.56. The number of nitrogens with one attached hydrogen (secondary N) is 1. The van der Waals surface area contributed by atoms with Crippen molar-refractivity contribution in [3.63, 3.8) is 0 Å². The van der Waals surface area contributed by atoms with Crippen LogP contribution in [0.15, 0.2) is 24.4 Å². The Morgan fingerprint density at radius 1 is 1.28 bits per heavy atom. The molecule has 1 aliphatic rings. The van der Waals surface area contributed by atoms with E-state index >= 15 is 0 Å². The average Bonchev–Trinajstić information content (AvgIpc) is 2.45. The third-order valence-corrected chi connectivity index (χ3v) is 3.74. The topological polar surface area (TPSA) is 28.2 Å². The van der Waals surface area contributed by atoms with Crippen LogP contribution in [0.3, 0.4) is 0 Å². The van der Waals surface area contributed by atoms with Crippen LogP contribution in [0.2, 0.25) is 0 Å². The first-order valence-electron chi connectivity index (χ1n) is 7.21. The lowest BCUT2D eigenvalue weighted by Crippen LogP contribution is -2.43. The normalized spacial score (nSPS) is 18.7. The van der Waals surface area contributed by atoms with Gasteiger partial charge >= 0.3 is 0 Å². The van der Waals surface area contributed by atoms with Gasteiger partial charge in [-0.2, -0.15) is 0 Å². The summed E-state index contributed by atoms with van der Waals surface area (Å²) in [5.74, 6) is 0. The molecule has 0 aromatic carbocycles. The van der Waals surface area contributed by atoms with Gasteiger partial charge in [0.25, 0.3) is 0 Å². The van der Waals surface area contributed by atoms with E-state index in [1.165, 1.54) is 38.0 Å². The molecule has 1 atom stereocenters. The molecule has 0 amide bonds. The molecule has 1 fully saturated rings. The zero-order valence-electron chi connectivity index (χ0n) is 11.4. The maximum atomic E-state index is 4.33. The molecule has 0 radical (unpaired) electrons. The van der Waals surface area contributed by atoms with Gasteiger partial charge in [-0.05, 0) is 45.0 Å². The predicted molar refractivity (Wildman–Crippen MR) is 75.7 cm³/mol. The highest BCUT2D eigenvalue weighted by Gasteiger charge is 2.15. The standard InChI is InChI=1S/C15H25N3/c1-14(18-11-5-2-6-12-18)13-16-10-8-15-7-3-4-9-17-15/h3-4,7,9,14,16H,2,5-6,8,10-13H2,1H3. The Bertz CT molecular complexity index is 320. The maximum absolute atomic E-state index is 4.33. The summed E-state index contributed by atoms with van der Waals surface area (Å²) in [7, 11) is 0. The first-order chi connectivity index (χ1) is 8.86. The van der Waals surface area contributed by atoms with Gasteiger partial charge in [0.05, 0.1) is 0 Å². The molecule has 1 aromatic heterocycles. The minimum Gasteiger partial charge on any atom is -0.315 e. The first-order valence-corrected chi connectivity index (χ1v) is 7.21. The van der Waals surface area contributed by atoms with Gasteiger partial charge in [-0.15, -0.1) is 0 Å². The van der Waals surface area contributed by atoms with Gasteiger partial charge in [-0.25, -0.2) is 0 Å². The summed E-state index contributed by atoms with van der Waals surface area (Å²) >= 11 is 0. The zero-order chi connectivity index (χ0) is 12.6. The summed E-state index contributed by atoms with van der Waals surface area (Å²) in [5.41, 5.74) is 1.18. The second-order valence-corrected chi connectivity index (χ2v) is 5.22. The third kappa shape index (κ3) is 4.39. The molecule has 3 heteroatoms. The van der Waals surface area contributed by atoms with Gasteiger partial charge in [-0.3, -0.25) is 9.88 Å². The number of hydrogen-bond acceptors (Lipinski definition) is 3. The fraction of sp³-hybridized carbons (Fsp3) is 0.667. The Labute approximate surface area is 111 Å². The van der Waals surface area contributed by atoms with Crippen LogP contribution >= 0.6 is 0 Å². The van der Waals surface area contributed by atoms with E-state index in [-0.39, 0.29) is 0 Å². The number of pyridine rings is 1. The van der Waals surface area contributed by atoms with Crippen LogP contribution in [0.25, 0.3) is 0 Å². The van der Waals surface area contributed by atoms with Crippen molar-refractivity contribution in [3.8, 4) is 0 Å². The molecule has 2 rings (SSSR count). The van der Waals surface area contributed by atoms with Crippen molar-refractivity contribution in [2.75, 3.05) is 26.2 Å². The third-order valence-electron chi connectivity index (χ3n) is 3.74. The van der Waals surface area contributed by atoms with Crippen LogP contribution < -0.4 is 5.32 Å². The second kappa shape index (κ2) is 7.49. The summed E-state index contributed by atoms with van der Waals surface area (Å²) in [4.78, 5) is 6.94. The Hall–Kier alpha value is -0.930. The Balaban J connectivity index is 1.60. The van der Waals surface area contributed by atoms with Crippen LogP contribution in [0.1, 0.15) is 31.9 Å². The average molecular weight is 247 g/mol. The maximum Gasteiger partial charge on any atom is 0.0416 e. The molecule has 1 unspecified atom stereocenters. The molecule has 1 aliphatic heterocycles.